The van der Waals surface area contributed by atoms with E-state index in [1.54, 1.807) is 36.5 Å². The summed E-state index contributed by atoms with van der Waals surface area (Å²) in [6.07, 6.45) is -1.29. The van der Waals surface area contributed by atoms with Crippen LogP contribution >= 0.6 is 0 Å². The van der Waals surface area contributed by atoms with Crippen LogP contribution in [-0.4, -0.2) is 26.8 Å². The Morgan fingerprint density at radius 2 is 1.96 bits per heavy atom. The zero-order valence-electron chi connectivity index (χ0n) is 12.4. The lowest BCUT2D eigenvalue weighted by Gasteiger charge is -2.08. The average Bonchev–Trinajstić information content (AvgIpc) is 2.95. The van der Waals surface area contributed by atoms with E-state index in [2.05, 4.69) is 15.3 Å². The Bertz CT molecular complexity index is 859. The van der Waals surface area contributed by atoms with Crippen molar-refractivity contribution in [1.29, 1.82) is 0 Å². The van der Waals surface area contributed by atoms with Crippen molar-refractivity contribution in [3.8, 4) is 0 Å². The molecule has 124 valence electrons. The number of pyridine rings is 2. The second-order valence-electron chi connectivity index (χ2n) is 5.06. The highest BCUT2D eigenvalue weighted by Gasteiger charge is 2.39. The summed E-state index contributed by atoms with van der Waals surface area (Å²) in [6, 6.07) is 9.86. The molecule has 8 heteroatoms. The first kappa shape index (κ1) is 16.0. The number of imidazole rings is 1. The number of rotatable bonds is 4. The molecule has 0 radical (unpaired) electrons. The van der Waals surface area contributed by atoms with Gasteiger partial charge in [-0.3, -0.25) is 14.2 Å². The number of hydrogen-bond acceptors (Lipinski definition) is 3. The fraction of sp³-hybridized carbons (Fsp3) is 0.188. The van der Waals surface area contributed by atoms with Gasteiger partial charge in [0.05, 0.1) is 0 Å². The molecule has 0 aromatic carbocycles. The molecule has 0 bridgehead atoms. The summed E-state index contributed by atoms with van der Waals surface area (Å²) in [5, 5.41) is 2.50. The van der Waals surface area contributed by atoms with Crippen molar-refractivity contribution in [1.82, 2.24) is 19.7 Å². The molecule has 24 heavy (non-hydrogen) atoms. The van der Waals surface area contributed by atoms with Crippen molar-refractivity contribution in [2.45, 2.75) is 12.6 Å². The Hall–Kier alpha value is -2.90. The van der Waals surface area contributed by atoms with Crippen molar-refractivity contribution in [2.75, 3.05) is 6.54 Å². The largest absolute Gasteiger partial charge is 0.435 e. The molecule has 0 fully saturated rings. The van der Waals surface area contributed by atoms with Gasteiger partial charge in [-0.25, -0.2) is 4.98 Å². The molecule has 0 saturated carbocycles. The number of hydrogen-bond donors (Lipinski definition) is 1. The molecular formula is C16H13F3N4O. The minimum Gasteiger partial charge on any atom is -0.350 e. The van der Waals surface area contributed by atoms with Crippen LogP contribution in [-0.2, 0) is 12.6 Å². The van der Waals surface area contributed by atoms with E-state index >= 15 is 0 Å². The summed E-state index contributed by atoms with van der Waals surface area (Å²) >= 11 is 0. The van der Waals surface area contributed by atoms with Crippen LogP contribution in [0.2, 0.25) is 0 Å². The lowest BCUT2D eigenvalue weighted by atomic mass is 10.2. The first-order valence-electron chi connectivity index (χ1n) is 7.19. The zero-order valence-corrected chi connectivity index (χ0v) is 12.4. The Balaban J connectivity index is 1.83. The SMILES string of the molecule is O=C(NCCc1ccccn1)c1c(C(F)(F)F)nc2ccccn12. The number of carbonyl (C=O) groups is 1. The molecule has 0 spiro atoms. The molecule has 3 heterocycles. The maximum atomic E-state index is 13.2. The Kier molecular flexibility index (Phi) is 4.20. The van der Waals surface area contributed by atoms with Gasteiger partial charge in [0.2, 0.25) is 0 Å². The number of fused-ring (bicyclic) bond motifs is 1. The Morgan fingerprint density at radius 1 is 1.17 bits per heavy atom. The van der Waals surface area contributed by atoms with E-state index in [4.69, 9.17) is 0 Å². The van der Waals surface area contributed by atoms with Crippen molar-refractivity contribution in [2.24, 2.45) is 0 Å². The number of nitrogens with one attached hydrogen (secondary N) is 1. The van der Waals surface area contributed by atoms with Gasteiger partial charge in [-0.15, -0.1) is 0 Å². The summed E-state index contributed by atoms with van der Waals surface area (Å²) < 4.78 is 40.6. The molecule has 0 atom stereocenters. The van der Waals surface area contributed by atoms with E-state index in [9.17, 15) is 18.0 Å². The van der Waals surface area contributed by atoms with E-state index in [0.717, 1.165) is 10.1 Å². The second-order valence-corrected chi connectivity index (χ2v) is 5.06. The fourth-order valence-corrected chi connectivity index (χ4v) is 2.34. The molecule has 3 rings (SSSR count). The van der Waals surface area contributed by atoms with Crippen LogP contribution in [0.5, 0.6) is 0 Å². The summed E-state index contributed by atoms with van der Waals surface area (Å²) in [7, 11) is 0. The summed E-state index contributed by atoms with van der Waals surface area (Å²) in [6.45, 7) is 0.174. The van der Waals surface area contributed by atoms with Gasteiger partial charge in [0.15, 0.2) is 5.69 Å². The average molecular weight is 334 g/mol. The molecule has 1 amide bonds. The van der Waals surface area contributed by atoms with Crippen LogP contribution in [0.1, 0.15) is 21.9 Å². The topological polar surface area (TPSA) is 59.3 Å². The van der Waals surface area contributed by atoms with Crippen LogP contribution in [0, 0.1) is 0 Å². The lowest BCUT2D eigenvalue weighted by Crippen LogP contribution is -2.29. The molecule has 0 aliphatic heterocycles. The number of halogens is 3. The standard InChI is InChI=1S/C16H13F3N4O/c17-16(18,19)14-13(23-10-4-2-6-12(23)22-14)15(24)21-9-7-11-5-1-3-8-20-11/h1-6,8,10H,7,9H2,(H,21,24). The predicted octanol–water partition coefficient (Wildman–Crippen LogP) is 2.72. The molecule has 0 saturated heterocycles. The fourth-order valence-electron chi connectivity index (χ4n) is 2.34. The van der Waals surface area contributed by atoms with E-state index in [0.29, 0.717) is 6.42 Å². The quantitative estimate of drug-likeness (QED) is 0.798. The van der Waals surface area contributed by atoms with Gasteiger partial charge in [0.1, 0.15) is 11.3 Å². The normalized spacial score (nSPS) is 11.6. The third-order valence-electron chi connectivity index (χ3n) is 3.41. The summed E-state index contributed by atoms with van der Waals surface area (Å²) in [5.41, 5.74) is -0.894. The zero-order chi connectivity index (χ0) is 17.2. The number of carbonyl (C=O) groups excluding carboxylic acids is 1. The minimum atomic E-state index is -4.71. The first-order chi connectivity index (χ1) is 11.5. The van der Waals surface area contributed by atoms with Gasteiger partial charge in [0.25, 0.3) is 5.91 Å². The summed E-state index contributed by atoms with van der Waals surface area (Å²) in [4.78, 5) is 19.9. The van der Waals surface area contributed by atoms with E-state index in [-0.39, 0.29) is 12.2 Å². The third-order valence-corrected chi connectivity index (χ3v) is 3.41. The van der Waals surface area contributed by atoms with Crippen LogP contribution in [0.4, 0.5) is 13.2 Å². The van der Waals surface area contributed by atoms with E-state index in [1.165, 1.54) is 12.3 Å². The van der Waals surface area contributed by atoms with Crippen molar-refractivity contribution >= 4 is 11.6 Å². The van der Waals surface area contributed by atoms with Gasteiger partial charge in [0, 0.05) is 31.1 Å². The van der Waals surface area contributed by atoms with Crippen LogP contribution in [0.15, 0.2) is 48.8 Å². The Labute approximate surface area is 135 Å². The highest BCUT2D eigenvalue weighted by molar-refractivity contribution is 5.94. The van der Waals surface area contributed by atoms with Gasteiger partial charge in [-0.05, 0) is 24.3 Å². The Morgan fingerprint density at radius 3 is 2.67 bits per heavy atom. The molecule has 0 aliphatic rings. The minimum absolute atomic E-state index is 0.0692. The van der Waals surface area contributed by atoms with Gasteiger partial charge < -0.3 is 5.32 Å². The molecule has 5 nitrogen and oxygen atoms in total. The molecule has 3 aromatic rings. The number of amides is 1. The van der Waals surface area contributed by atoms with Gasteiger partial charge in [-0.2, -0.15) is 13.2 Å². The maximum Gasteiger partial charge on any atom is 0.435 e. The molecule has 3 aromatic heterocycles. The number of aromatic nitrogens is 3. The van der Waals surface area contributed by atoms with Crippen molar-refractivity contribution in [3.05, 3.63) is 65.9 Å². The molecular weight excluding hydrogens is 321 g/mol. The maximum absolute atomic E-state index is 13.2. The third kappa shape index (κ3) is 3.22. The smallest absolute Gasteiger partial charge is 0.350 e. The first-order valence-corrected chi connectivity index (χ1v) is 7.19. The van der Waals surface area contributed by atoms with Crippen LogP contribution < -0.4 is 5.32 Å². The van der Waals surface area contributed by atoms with E-state index < -0.39 is 23.5 Å². The summed E-state index contributed by atoms with van der Waals surface area (Å²) in [5.74, 6) is -0.822. The monoisotopic (exact) mass is 334 g/mol. The number of alkyl halides is 3. The van der Waals surface area contributed by atoms with Crippen molar-refractivity contribution in [3.63, 3.8) is 0 Å². The molecule has 1 N–H and O–H groups in total. The highest BCUT2D eigenvalue weighted by Crippen LogP contribution is 2.31. The predicted molar refractivity (Wildman–Crippen MR) is 80.5 cm³/mol. The highest BCUT2D eigenvalue weighted by atomic mass is 19.4. The lowest BCUT2D eigenvalue weighted by molar-refractivity contribution is -0.141. The van der Waals surface area contributed by atoms with Gasteiger partial charge >= 0.3 is 6.18 Å². The molecule has 0 aliphatic carbocycles. The second kappa shape index (κ2) is 6.31. The molecule has 0 unspecified atom stereocenters. The van der Waals surface area contributed by atoms with E-state index in [1.807, 2.05) is 0 Å². The van der Waals surface area contributed by atoms with Crippen molar-refractivity contribution < 1.29 is 18.0 Å². The van der Waals surface area contributed by atoms with Gasteiger partial charge in [-0.1, -0.05) is 12.1 Å². The number of nitrogens with zero attached hydrogens (tertiary/aromatic N) is 3. The van der Waals surface area contributed by atoms with Crippen LogP contribution in [0.25, 0.3) is 5.65 Å². The van der Waals surface area contributed by atoms with Crippen LogP contribution in [0.3, 0.4) is 0 Å².